The van der Waals surface area contributed by atoms with Gasteiger partial charge in [0, 0.05) is 0 Å². The molecular weight excluding hydrogens is 272 g/mol. The molecule has 0 bridgehead atoms. The predicted octanol–water partition coefficient (Wildman–Crippen LogP) is 2.26. The van der Waals surface area contributed by atoms with Crippen molar-refractivity contribution in [2.75, 3.05) is 0 Å². The van der Waals surface area contributed by atoms with Crippen molar-refractivity contribution < 1.29 is 34.9 Å². The second kappa shape index (κ2) is 14.2. The first-order chi connectivity index (χ1) is 6.35. The SMILES string of the molecule is CCC[CH2][Ti+]([CH2]CCC)[CH2]CCC.[Br-]. The first-order valence-electron chi connectivity index (χ1n) is 6.18. The Kier molecular flexibility index (Phi) is 17.8. The molecule has 0 atom stereocenters. The monoisotopic (exact) mass is 298 g/mol. The Balaban J connectivity index is 0. The first kappa shape index (κ1) is 17.6. The van der Waals surface area contributed by atoms with Crippen molar-refractivity contribution in [1.29, 1.82) is 0 Å². The minimum Gasteiger partial charge on any atom is -1.00 e. The summed E-state index contributed by atoms with van der Waals surface area (Å²) < 4.78 is 4.95. The zero-order chi connectivity index (χ0) is 9.94. The Morgan fingerprint density at radius 3 is 1.14 bits per heavy atom. The molecule has 0 saturated carbocycles. The summed E-state index contributed by atoms with van der Waals surface area (Å²) in [6.45, 7) is 6.99. The van der Waals surface area contributed by atoms with Gasteiger partial charge in [0.15, 0.2) is 0 Å². The van der Waals surface area contributed by atoms with Crippen LogP contribution in [0.3, 0.4) is 0 Å². The maximum Gasteiger partial charge on any atom is -1.00 e. The standard InChI is InChI=1S/3C4H9.BrH.Ti/c3*1-3-4-2;;/h3*1,3-4H2,2H3;1H;/q;;;;+1/p-1. The average molecular weight is 299 g/mol. The molecule has 2 heteroatoms. The van der Waals surface area contributed by atoms with Crippen LogP contribution in [0.25, 0.3) is 0 Å². The van der Waals surface area contributed by atoms with E-state index in [0.717, 1.165) is 0 Å². The number of unbranched alkanes of at least 4 members (excludes halogenated alkanes) is 3. The Bertz CT molecular complexity index is 77.3. The summed E-state index contributed by atoms with van der Waals surface area (Å²) in [6.07, 6.45) is 8.78. The maximum atomic E-state index is 2.33. The van der Waals surface area contributed by atoms with E-state index in [-0.39, 0.29) is 17.0 Å². The predicted molar refractivity (Wildman–Crippen MR) is 59.1 cm³/mol. The molecule has 0 radical (unpaired) electrons. The van der Waals surface area contributed by atoms with Gasteiger partial charge in [0.25, 0.3) is 0 Å². The number of halogens is 1. The van der Waals surface area contributed by atoms with Crippen LogP contribution in [0.4, 0.5) is 0 Å². The van der Waals surface area contributed by atoms with E-state index in [1.165, 1.54) is 38.5 Å². The van der Waals surface area contributed by atoms with Crippen molar-refractivity contribution in [3.63, 3.8) is 0 Å². The molecule has 0 aromatic carbocycles. The van der Waals surface area contributed by atoms with E-state index in [4.69, 9.17) is 0 Å². The summed E-state index contributed by atoms with van der Waals surface area (Å²) in [5, 5.41) is 0. The average Bonchev–Trinajstić information content (AvgIpc) is 2.17. The van der Waals surface area contributed by atoms with Crippen LogP contribution < -0.4 is 17.0 Å². The van der Waals surface area contributed by atoms with Gasteiger partial charge in [-0.2, -0.15) is 0 Å². The summed E-state index contributed by atoms with van der Waals surface area (Å²) in [7, 11) is 0. The van der Waals surface area contributed by atoms with Crippen molar-refractivity contribution in [1.82, 2.24) is 0 Å². The molecule has 0 N–H and O–H groups in total. The van der Waals surface area contributed by atoms with Gasteiger partial charge in [-0.15, -0.1) is 0 Å². The molecule has 0 aliphatic carbocycles. The number of hydrogen-bond donors (Lipinski definition) is 0. The van der Waals surface area contributed by atoms with Crippen LogP contribution in [-0.4, -0.2) is 0 Å². The molecule has 0 spiro atoms. The molecule has 0 saturated heterocycles. The molecule has 0 rings (SSSR count). The third kappa shape index (κ3) is 11.3. The third-order valence-electron chi connectivity index (χ3n) is 2.65. The molecule has 0 fully saturated rings. The molecule has 14 heavy (non-hydrogen) atoms. The van der Waals surface area contributed by atoms with Gasteiger partial charge in [-0.05, 0) is 0 Å². The first-order valence-corrected chi connectivity index (χ1v) is 9.49. The Morgan fingerprint density at radius 2 is 0.929 bits per heavy atom. The van der Waals surface area contributed by atoms with Crippen LogP contribution in [-0.2, 0) is 17.9 Å². The summed E-state index contributed by atoms with van der Waals surface area (Å²) >= 11 is -0.552. The zero-order valence-corrected chi connectivity index (χ0v) is 13.4. The maximum absolute atomic E-state index is 2.33. The summed E-state index contributed by atoms with van der Waals surface area (Å²) in [5.41, 5.74) is 0. The quantitative estimate of drug-likeness (QED) is 0.573. The van der Waals surface area contributed by atoms with Crippen molar-refractivity contribution in [2.24, 2.45) is 0 Å². The molecule has 0 unspecified atom stereocenters. The molecule has 0 aliphatic heterocycles. The molecule has 0 heterocycles. The normalized spacial score (nSPS) is 9.64. The van der Waals surface area contributed by atoms with Crippen LogP contribution >= 0.6 is 0 Å². The van der Waals surface area contributed by atoms with Crippen LogP contribution in [0.5, 0.6) is 0 Å². The van der Waals surface area contributed by atoms with Crippen molar-refractivity contribution in [3.8, 4) is 0 Å². The van der Waals surface area contributed by atoms with Gasteiger partial charge in [-0.1, -0.05) is 0 Å². The Hall–Kier alpha value is 1.19. The van der Waals surface area contributed by atoms with Crippen molar-refractivity contribution in [2.45, 2.75) is 73.5 Å². The Morgan fingerprint density at radius 1 is 0.643 bits per heavy atom. The minimum atomic E-state index is -0.552. The van der Waals surface area contributed by atoms with Gasteiger partial charge in [0.1, 0.15) is 0 Å². The summed E-state index contributed by atoms with van der Waals surface area (Å²) in [6, 6.07) is 0. The van der Waals surface area contributed by atoms with Crippen LogP contribution in [0.2, 0.25) is 14.2 Å². The minimum absolute atomic E-state index is 0. The molecule has 0 aromatic heterocycles. The molecule has 0 nitrogen and oxygen atoms in total. The second-order valence-corrected chi connectivity index (χ2v) is 8.75. The van der Waals surface area contributed by atoms with Gasteiger partial charge >= 0.3 is 91.3 Å². The fourth-order valence-electron chi connectivity index (χ4n) is 1.66. The van der Waals surface area contributed by atoms with E-state index >= 15 is 0 Å². The van der Waals surface area contributed by atoms with Crippen LogP contribution in [0.1, 0.15) is 59.3 Å². The molecule has 0 amide bonds. The van der Waals surface area contributed by atoms with Gasteiger partial charge in [-0.3, -0.25) is 0 Å². The third-order valence-corrected chi connectivity index (χ3v) is 7.62. The van der Waals surface area contributed by atoms with Crippen molar-refractivity contribution in [3.05, 3.63) is 0 Å². The molecule has 0 aliphatic rings. The summed E-state index contributed by atoms with van der Waals surface area (Å²) in [5.74, 6) is 0. The van der Waals surface area contributed by atoms with E-state index < -0.39 is 17.9 Å². The van der Waals surface area contributed by atoms with Crippen molar-refractivity contribution >= 4 is 0 Å². The van der Waals surface area contributed by atoms with Gasteiger partial charge < -0.3 is 17.0 Å². The molecular formula is C12H27BrTi. The number of rotatable bonds is 9. The smallest absolute Gasteiger partial charge is 1.00 e. The summed E-state index contributed by atoms with van der Waals surface area (Å²) in [4.78, 5) is 0. The fraction of sp³-hybridized carbons (Fsp3) is 1.00. The second-order valence-electron chi connectivity index (χ2n) is 4.06. The van der Waals surface area contributed by atoms with E-state index in [2.05, 4.69) is 20.8 Å². The Labute approximate surface area is 108 Å². The van der Waals surface area contributed by atoms with E-state index in [9.17, 15) is 0 Å². The number of hydrogen-bond acceptors (Lipinski definition) is 0. The molecule has 86 valence electrons. The van der Waals surface area contributed by atoms with E-state index in [1.807, 2.05) is 0 Å². The van der Waals surface area contributed by atoms with Gasteiger partial charge in [0.2, 0.25) is 0 Å². The van der Waals surface area contributed by atoms with Gasteiger partial charge in [-0.25, -0.2) is 0 Å². The van der Waals surface area contributed by atoms with Crippen LogP contribution in [0.15, 0.2) is 0 Å². The molecule has 0 aromatic rings. The van der Waals surface area contributed by atoms with Gasteiger partial charge in [0.05, 0.1) is 0 Å². The van der Waals surface area contributed by atoms with E-state index in [1.54, 1.807) is 14.2 Å². The van der Waals surface area contributed by atoms with Crippen LogP contribution in [0, 0.1) is 0 Å². The van der Waals surface area contributed by atoms with E-state index in [0.29, 0.717) is 0 Å². The zero-order valence-electron chi connectivity index (χ0n) is 10.2. The topological polar surface area (TPSA) is 0 Å². The largest absolute Gasteiger partial charge is 1.00 e. The fourth-order valence-corrected chi connectivity index (χ4v) is 6.83.